The van der Waals surface area contributed by atoms with E-state index >= 15 is 4.39 Å². The molecule has 0 spiro atoms. The van der Waals surface area contributed by atoms with Crippen LogP contribution in [-0.2, 0) is 11.2 Å². The van der Waals surface area contributed by atoms with Gasteiger partial charge in [0.15, 0.2) is 5.82 Å². The number of phenols is 1. The van der Waals surface area contributed by atoms with Crippen molar-refractivity contribution < 1.29 is 27.8 Å². The summed E-state index contributed by atoms with van der Waals surface area (Å²) in [5.41, 5.74) is 0.253. The summed E-state index contributed by atoms with van der Waals surface area (Å²) in [6.07, 6.45) is 5.23. The number of aromatic hydroxyl groups is 1. The molecular weight excluding hydrogens is 571 g/mol. The quantitative estimate of drug-likeness (QED) is 0.299. The number of hydrogen-bond acceptors (Lipinski definition) is 8. The van der Waals surface area contributed by atoms with Crippen molar-refractivity contribution in [2.24, 2.45) is 0 Å². The average Bonchev–Trinajstić information content (AvgIpc) is 3.66. The number of halogens is 3. The lowest BCUT2D eigenvalue weighted by molar-refractivity contribution is 0.0302. The van der Waals surface area contributed by atoms with E-state index in [0.717, 1.165) is 32.2 Å². The van der Waals surface area contributed by atoms with Gasteiger partial charge in [-0.15, -0.1) is 0 Å². The smallest absolute Gasteiger partial charge is 0.319 e. The molecule has 6 heterocycles. The van der Waals surface area contributed by atoms with Gasteiger partial charge in [-0.1, -0.05) is 13.0 Å². The molecule has 2 bridgehead atoms. The number of alkyl halides is 1. The number of anilines is 1. The van der Waals surface area contributed by atoms with Crippen molar-refractivity contribution in [1.29, 1.82) is 0 Å². The van der Waals surface area contributed by atoms with Gasteiger partial charge < -0.3 is 19.5 Å². The highest BCUT2D eigenvalue weighted by atomic mass is 19.1. The molecule has 1 N–H and O–H groups in total. The first kappa shape index (κ1) is 27.8. The van der Waals surface area contributed by atoms with Crippen LogP contribution in [0.1, 0.15) is 44.6 Å². The van der Waals surface area contributed by atoms with Crippen molar-refractivity contribution in [3.05, 3.63) is 47.7 Å². The topological polar surface area (TPSA) is 83.8 Å². The molecule has 4 fully saturated rings. The molecule has 0 unspecified atom stereocenters. The highest BCUT2D eigenvalue weighted by molar-refractivity contribution is 6.01. The summed E-state index contributed by atoms with van der Waals surface area (Å²) in [7, 11) is 0. The minimum Gasteiger partial charge on any atom is -0.508 e. The predicted octanol–water partition coefficient (Wildman–Crippen LogP) is 5.71. The van der Waals surface area contributed by atoms with Crippen LogP contribution in [0.4, 0.5) is 19.0 Å². The SMILES string of the molecule is CCc1c(F)ccc2cc(O)cc(-c3ncc4c(N5C[C@H]6CC[C@@H](C5)O6)nc(OC[C@@]56CCCN5C[C@H](F)C6)nc4c3F)c12. The van der Waals surface area contributed by atoms with Gasteiger partial charge >= 0.3 is 6.01 Å². The number of ether oxygens (including phenoxy) is 2. The number of pyridine rings is 1. The number of nitrogens with zero attached hydrogens (tertiary/aromatic N) is 5. The lowest BCUT2D eigenvalue weighted by Crippen LogP contribution is -2.44. The Morgan fingerprint density at radius 3 is 2.73 bits per heavy atom. The van der Waals surface area contributed by atoms with Crippen LogP contribution >= 0.6 is 0 Å². The van der Waals surface area contributed by atoms with Crippen LogP contribution in [0.25, 0.3) is 32.9 Å². The third-order valence-electron chi connectivity index (χ3n) is 9.98. The van der Waals surface area contributed by atoms with E-state index in [4.69, 9.17) is 14.5 Å². The minimum absolute atomic E-state index is 0.0204. The number of hydrogen-bond donors (Lipinski definition) is 1. The van der Waals surface area contributed by atoms with E-state index in [9.17, 15) is 13.9 Å². The van der Waals surface area contributed by atoms with Gasteiger partial charge in [-0.2, -0.15) is 9.97 Å². The normalized spacial score (nSPS) is 26.6. The molecule has 0 amide bonds. The molecule has 8 nitrogen and oxygen atoms in total. The van der Waals surface area contributed by atoms with Crippen LogP contribution in [0, 0.1) is 11.6 Å². The molecule has 230 valence electrons. The molecule has 0 saturated carbocycles. The third-order valence-corrected chi connectivity index (χ3v) is 9.98. The van der Waals surface area contributed by atoms with Gasteiger partial charge in [0.25, 0.3) is 0 Å². The Morgan fingerprint density at radius 1 is 1.11 bits per heavy atom. The molecule has 4 saturated heterocycles. The van der Waals surface area contributed by atoms with Crippen LogP contribution in [0.5, 0.6) is 11.8 Å². The minimum atomic E-state index is -0.906. The molecular formula is C33H34F3N5O3. The fraction of sp³-hybridized carbons (Fsp3) is 0.485. The monoisotopic (exact) mass is 605 g/mol. The molecule has 4 aliphatic heterocycles. The zero-order chi connectivity index (χ0) is 30.2. The van der Waals surface area contributed by atoms with Gasteiger partial charge in [0.05, 0.1) is 23.1 Å². The first-order valence-electron chi connectivity index (χ1n) is 15.5. The largest absolute Gasteiger partial charge is 0.508 e. The fourth-order valence-electron chi connectivity index (χ4n) is 7.98. The zero-order valence-corrected chi connectivity index (χ0v) is 24.5. The van der Waals surface area contributed by atoms with Crippen LogP contribution in [0.3, 0.4) is 0 Å². The van der Waals surface area contributed by atoms with E-state index in [2.05, 4.69) is 19.8 Å². The summed E-state index contributed by atoms with van der Waals surface area (Å²) in [6.45, 7) is 4.46. The molecule has 11 heteroatoms. The fourth-order valence-corrected chi connectivity index (χ4v) is 7.98. The van der Waals surface area contributed by atoms with Gasteiger partial charge in [0.2, 0.25) is 0 Å². The maximum atomic E-state index is 16.8. The van der Waals surface area contributed by atoms with Crippen LogP contribution < -0.4 is 9.64 Å². The first-order chi connectivity index (χ1) is 21.3. The summed E-state index contributed by atoms with van der Waals surface area (Å²) < 4.78 is 58.4. The van der Waals surface area contributed by atoms with Crippen LogP contribution in [0.2, 0.25) is 0 Å². The predicted molar refractivity (Wildman–Crippen MR) is 160 cm³/mol. The highest BCUT2D eigenvalue weighted by Crippen LogP contribution is 2.42. The lowest BCUT2D eigenvalue weighted by Gasteiger charge is -2.34. The number of phenolic OH excluding ortho intramolecular Hbond substituents is 1. The van der Waals surface area contributed by atoms with Gasteiger partial charge in [0.1, 0.15) is 41.4 Å². The van der Waals surface area contributed by atoms with Gasteiger partial charge in [0, 0.05) is 37.8 Å². The number of fused-ring (bicyclic) bond motifs is 5. The second kappa shape index (κ2) is 10.4. The number of rotatable bonds is 6. The van der Waals surface area contributed by atoms with Crippen molar-refractivity contribution in [3.8, 4) is 23.0 Å². The zero-order valence-electron chi connectivity index (χ0n) is 24.5. The summed E-state index contributed by atoms with van der Waals surface area (Å²) in [4.78, 5) is 18.1. The molecule has 44 heavy (non-hydrogen) atoms. The van der Waals surface area contributed by atoms with Crippen molar-refractivity contribution >= 4 is 27.5 Å². The summed E-state index contributed by atoms with van der Waals surface area (Å²) in [6, 6.07) is 5.90. The molecule has 2 aromatic carbocycles. The molecule has 0 aliphatic carbocycles. The average molecular weight is 606 g/mol. The number of aryl methyl sites for hydroxylation is 1. The van der Waals surface area contributed by atoms with Crippen LogP contribution in [-0.4, -0.2) is 81.7 Å². The van der Waals surface area contributed by atoms with Crippen molar-refractivity contribution in [3.63, 3.8) is 0 Å². The molecule has 0 radical (unpaired) electrons. The van der Waals surface area contributed by atoms with Crippen molar-refractivity contribution in [2.75, 3.05) is 37.7 Å². The summed E-state index contributed by atoms with van der Waals surface area (Å²) >= 11 is 0. The van der Waals surface area contributed by atoms with Crippen molar-refractivity contribution in [1.82, 2.24) is 19.9 Å². The number of aromatic nitrogens is 3. The van der Waals surface area contributed by atoms with Gasteiger partial charge in [-0.3, -0.25) is 9.88 Å². The second-order valence-corrected chi connectivity index (χ2v) is 12.7. The Labute approximate surface area is 252 Å². The third kappa shape index (κ3) is 4.46. The number of morpholine rings is 1. The van der Waals surface area contributed by atoms with Crippen molar-refractivity contribution in [2.45, 2.75) is 69.4 Å². The first-order valence-corrected chi connectivity index (χ1v) is 15.5. The van der Waals surface area contributed by atoms with E-state index in [1.807, 2.05) is 6.92 Å². The second-order valence-electron chi connectivity index (χ2n) is 12.7. The Kier molecular flexibility index (Phi) is 6.60. The molecule has 4 aromatic rings. The summed E-state index contributed by atoms with van der Waals surface area (Å²) in [5, 5.41) is 12.1. The summed E-state index contributed by atoms with van der Waals surface area (Å²) in [5.74, 6) is -0.685. The Bertz CT molecular complexity index is 1780. The molecule has 4 aliphatic rings. The van der Waals surface area contributed by atoms with E-state index in [-0.39, 0.29) is 47.3 Å². The highest BCUT2D eigenvalue weighted by Gasteiger charge is 2.49. The van der Waals surface area contributed by atoms with E-state index in [1.165, 1.54) is 18.2 Å². The molecule has 4 atom stereocenters. The van der Waals surface area contributed by atoms with E-state index in [1.54, 1.807) is 12.3 Å². The molecule has 8 rings (SSSR count). The Morgan fingerprint density at radius 2 is 1.93 bits per heavy atom. The maximum absolute atomic E-state index is 16.8. The Hall–Kier alpha value is -3.70. The van der Waals surface area contributed by atoms with E-state index < -0.39 is 23.3 Å². The van der Waals surface area contributed by atoms with Gasteiger partial charge in [-0.05, 0) is 73.2 Å². The van der Waals surface area contributed by atoms with Gasteiger partial charge in [-0.25, -0.2) is 13.2 Å². The standard InChI is InChI=1S/C33H34F3N5O3/c1-2-23-26(35)7-4-18-10-20(42)11-24(27(18)23)29-28(36)30-25(13-37-29)31(40-15-21-5-6-22(16-40)44-21)39-32(38-30)43-17-33-8-3-9-41(33)14-19(34)12-33/h4,7,10-11,13,19,21-22,42H,2-3,5-6,8-9,12,14-17H2,1H3/t19-,21-,22+,33+/m1/s1. The number of benzene rings is 2. The lowest BCUT2D eigenvalue weighted by atomic mass is 9.94. The van der Waals surface area contributed by atoms with Crippen LogP contribution in [0.15, 0.2) is 30.5 Å². The maximum Gasteiger partial charge on any atom is 0.319 e. The Balaban J connectivity index is 1.27. The molecule has 2 aromatic heterocycles. The van der Waals surface area contributed by atoms with E-state index in [0.29, 0.717) is 60.0 Å².